The number of alkyl halides is 3. The zero-order valence-electron chi connectivity index (χ0n) is 14.8. The Morgan fingerprint density at radius 1 is 1.07 bits per heavy atom. The van der Waals surface area contributed by atoms with Crippen LogP contribution in [0.15, 0.2) is 65.2 Å². The van der Waals surface area contributed by atoms with Gasteiger partial charge in [-0.1, -0.05) is 53.7 Å². The molecule has 0 bridgehead atoms. The van der Waals surface area contributed by atoms with Gasteiger partial charge in [0, 0.05) is 30.6 Å². The molecule has 2 aromatic carbocycles. The molecular formula is C21H17F3N2O2. The Bertz CT molecular complexity index is 983. The number of rotatable bonds is 3. The van der Waals surface area contributed by atoms with Crippen LogP contribution < -0.4 is 0 Å². The van der Waals surface area contributed by atoms with Gasteiger partial charge in [0.25, 0.3) is 5.91 Å². The minimum Gasteiger partial charge on any atom is -0.355 e. The molecule has 1 aromatic heterocycles. The number of aromatic nitrogens is 1. The van der Waals surface area contributed by atoms with E-state index in [2.05, 4.69) is 5.16 Å². The fourth-order valence-corrected chi connectivity index (χ4v) is 3.55. The second-order valence-corrected chi connectivity index (χ2v) is 6.77. The van der Waals surface area contributed by atoms with E-state index in [4.69, 9.17) is 4.52 Å². The summed E-state index contributed by atoms with van der Waals surface area (Å²) in [6, 6.07) is 16.3. The molecule has 1 amide bonds. The van der Waals surface area contributed by atoms with Crippen LogP contribution >= 0.6 is 0 Å². The Kier molecular flexibility index (Phi) is 4.66. The third kappa shape index (κ3) is 3.52. The molecule has 1 aliphatic heterocycles. The SMILES string of the molecule is O=C(c1cc(-c2ccccc2C(F)(F)F)on1)N1CCC(c2ccccc2)C1. The Hall–Kier alpha value is -3.09. The van der Waals surface area contributed by atoms with Crippen molar-refractivity contribution in [3.63, 3.8) is 0 Å². The van der Waals surface area contributed by atoms with Crippen molar-refractivity contribution in [2.75, 3.05) is 13.1 Å². The lowest BCUT2D eigenvalue weighted by Gasteiger charge is -2.15. The molecule has 1 saturated heterocycles. The van der Waals surface area contributed by atoms with E-state index < -0.39 is 11.7 Å². The van der Waals surface area contributed by atoms with Crippen LogP contribution in [0, 0.1) is 0 Å². The van der Waals surface area contributed by atoms with Crippen LogP contribution in [-0.4, -0.2) is 29.1 Å². The average Bonchev–Trinajstić information content (AvgIpc) is 3.38. The van der Waals surface area contributed by atoms with E-state index in [1.807, 2.05) is 30.3 Å². The van der Waals surface area contributed by atoms with Crippen molar-refractivity contribution in [2.45, 2.75) is 18.5 Å². The molecule has 7 heteroatoms. The summed E-state index contributed by atoms with van der Waals surface area (Å²) in [6.45, 7) is 1.11. The predicted molar refractivity (Wildman–Crippen MR) is 96.6 cm³/mol. The maximum Gasteiger partial charge on any atom is 0.417 e. The molecule has 3 aromatic rings. The number of halogens is 3. The monoisotopic (exact) mass is 386 g/mol. The van der Waals surface area contributed by atoms with Gasteiger partial charge in [-0.2, -0.15) is 13.2 Å². The van der Waals surface area contributed by atoms with Gasteiger partial charge >= 0.3 is 6.18 Å². The van der Waals surface area contributed by atoms with Crippen molar-refractivity contribution >= 4 is 5.91 Å². The second kappa shape index (κ2) is 7.14. The van der Waals surface area contributed by atoms with Crippen LogP contribution in [0.5, 0.6) is 0 Å². The average molecular weight is 386 g/mol. The zero-order valence-corrected chi connectivity index (χ0v) is 14.8. The number of carbonyl (C=O) groups is 1. The number of benzene rings is 2. The molecule has 2 heterocycles. The van der Waals surface area contributed by atoms with Crippen LogP contribution in [0.3, 0.4) is 0 Å². The van der Waals surface area contributed by atoms with Crippen molar-refractivity contribution in [3.8, 4) is 11.3 Å². The number of carbonyl (C=O) groups excluding carboxylic acids is 1. The van der Waals surface area contributed by atoms with Crippen LogP contribution in [0.4, 0.5) is 13.2 Å². The Morgan fingerprint density at radius 3 is 2.54 bits per heavy atom. The first-order chi connectivity index (χ1) is 13.4. The first-order valence-corrected chi connectivity index (χ1v) is 8.91. The first-order valence-electron chi connectivity index (χ1n) is 8.91. The number of hydrogen-bond acceptors (Lipinski definition) is 3. The molecular weight excluding hydrogens is 369 g/mol. The Labute approximate surface area is 159 Å². The molecule has 28 heavy (non-hydrogen) atoms. The Balaban J connectivity index is 1.54. The highest BCUT2D eigenvalue weighted by Crippen LogP contribution is 2.37. The van der Waals surface area contributed by atoms with E-state index in [0.29, 0.717) is 13.1 Å². The first kappa shape index (κ1) is 18.3. The highest BCUT2D eigenvalue weighted by atomic mass is 19.4. The third-order valence-corrected chi connectivity index (χ3v) is 4.97. The predicted octanol–water partition coefficient (Wildman–Crippen LogP) is 4.99. The smallest absolute Gasteiger partial charge is 0.355 e. The highest BCUT2D eigenvalue weighted by Gasteiger charge is 2.35. The molecule has 1 aliphatic rings. The minimum atomic E-state index is -4.52. The van der Waals surface area contributed by atoms with Crippen molar-refractivity contribution in [1.29, 1.82) is 0 Å². The van der Waals surface area contributed by atoms with E-state index in [9.17, 15) is 18.0 Å². The van der Waals surface area contributed by atoms with Gasteiger partial charge in [0.15, 0.2) is 11.5 Å². The van der Waals surface area contributed by atoms with E-state index in [-0.39, 0.29) is 28.8 Å². The molecule has 0 radical (unpaired) electrons. The van der Waals surface area contributed by atoms with E-state index in [1.165, 1.54) is 24.3 Å². The number of likely N-dealkylation sites (tertiary alicyclic amines) is 1. The maximum absolute atomic E-state index is 13.2. The number of nitrogens with zero attached hydrogens (tertiary/aromatic N) is 2. The Morgan fingerprint density at radius 2 is 1.79 bits per heavy atom. The topological polar surface area (TPSA) is 46.3 Å². The summed E-state index contributed by atoms with van der Waals surface area (Å²) in [7, 11) is 0. The summed E-state index contributed by atoms with van der Waals surface area (Å²) < 4.78 is 44.7. The summed E-state index contributed by atoms with van der Waals surface area (Å²) >= 11 is 0. The van der Waals surface area contributed by atoms with Gasteiger partial charge in [0.05, 0.1) is 5.56 Å². The van der Waals surface area contributed by atoms with Crippen LogP contribution in [0.25, 0.3) is 11.3 Å². The summed E-state index contributed by atoms with van der Waals surface area (Å²) in [6.07, 6.45) is -3.69. The molecule has 0 saturated carbocycles. The zero-order chi connectivity index (χ0) is 19.7. The van der Waals surface area contributed by atoms with Gasteiger partial charge < -0.3 is 9.42 Å². The standard InChI is InChI=1S/C21H17F3N2O2/c22-21(23,24)17-9-5-4-8-16(17)19-12-18(25-28-19)20(27)26-11-10-15(13-26)14-6-2-1-3-7-14/h1-9,12,15H,10-11,13H2. The van der Waals surface area contributed by atoms with Gasteiger partial charge in [0.1, 0.15) is 0 Å². The molecule has 4 nitrogen and oxygen atoms in total. The van der Waals surface area contributed by atoms with Crippen molar-refractivity contribution in [3.05, 3.63) is 77.5 Å². The van der Waals surface area contributed by atoms with Crippen LogP contribution in [0.2, 0.25) is 0 Å². The van der Waals surface area contributed by atoms with Crippen molar-refractivity contribution < 1.29 is 22.5 Å². The molecule has 1 atom stereocenters. The summed E-state index contributed by atoms with van der Waals surface area (Å²) in [5, 5.41) is 3.72. The lowest BCUT2D eigenvalue weighted by Crippen LogP contribution is -2.28. The molecule has 0 spiro atoms. The van der Waals surface area contributed by atoms with Crippen LogP contribution in [-0.2, 0) is 6.18 Å². The molecule has 4 rings (SSSR count). The largest absolute Gasteiger partial charge is 0.417 e. The third-order valence-electron chi connectivity index (χ3n) is 4.97. The van der Waals surface area contributed by atoms with E-state index >= 15 is 0 Å². The number of amides is 1. The fourth-order valence-electron chi connectivity index (χ4n) is 3.55. The summed E-state index contributed by atoms with van der Waals surface area (Å²) in [5.74, 6) is -0.171. The highest BCUT2D eigenvalue weighted by molar-refractivity contribution is 5.93. The molecule has 1 unspecified atom stereocenters. The van der Waals surface area contributed by atoms with Crippen molar-refractivity contribution in [2.24, 2.45) is 0 Å². The van der Waals surface area contributed by atoms with Crippen molar-refractivity contribution in [1.82, 2.24) is 10.1 Å². The second-order valence-electron chi connectivity index (χ2n) is 6.77. The van der Waals surface area contributed by atoms with Gasteiger partial charge in [-0.15, -0.1) is 0 Å². The quantitative estimate of drug-likeness (QED) is 0.637. The van der Waals surface area contributed by atoms with Gasteiger partial charge in [-0.05, 0) is 18.1 Å². The minimum absolute atomic E-state index is 0.0145. The van der Waals surface area contributed by atoms with Gasteiger partial charge in [0.2, 0.25) is 0 Å². The van der Waals surface area contributed by atoms with Crippen LogP contribution in [0.1, 0.15) is 34.0 Å². The lowest BCUT2D eigenvalue weighted by molar-refractivity contribution is -0.137. The summed E-state index contributed by atoms with van der Waals surface area (Å²) in [5.41, 5.74) is 0.221. The van der Waals surface area contributed by atoms with Gasteiger partial charge in [-0.25, -0.2) is 0 Å². The van der Waals surface area contributed by atoms with E-state index in [1.54, 1.807) is 4.90 Å². The maximum atomic E-state index is 13.2. The van der Waals surface area contributed by atoms with Gasteiger partial charge in [-0.3, -0.25) is 4.79 Å². The lowest BCUT2D eigenvalue weighted by atomic mass is 9.99. The normalized spacial score (nSPS) is 17.1. The number of hydrogen-bond donors (Lipinski definition) is 0. The molecule has 0 aliphatic carbocycles. The van der Waals surface area contributed by atoms with E-state index in [0.717, 1.165) is 18.1 Å². The molecule has 0 N–H and O–H groups in total. The summed E-state index contributed by atoms with van der Waals surface area (Å²) in [4.78, 5) is 14.4. The molecule has 144 valence electrons. The molecule has 1 fully saturated rings. The fraction of sp³-hybridized carbons (Fsp3) is 0.238.